The predicted octanol–water partition coefficient (Wildman–Crippen LogP) is 1.33. The molecule has 0 aliphatic heterocycles. The van der Waals surface area contributed by atoms with Gasteiger partial charge in [-0.15, -0.1) is 0 Å². The molecular formula is C14H10NO2-. The number of carboxylic acids is 1. The molecule has 0 bridgehead atoms. The SMILES string of the molecule is O=C([O-])C[C@@H]1c2ccccc2-c2ncccc21. The summed E-state index contributed by atoms with van der Waals surface area (Å²) < 4.78 is 0. The first kappa shape index (κ1) is 10.0. The van der Waals surface area contributed by atoms with Crippen LogP contribution in [0.3, 0.4) is 0 Å². The third-order valence-corrected chi connectivity index (χ3v) is 3.18. The van der Waals surface area contributed by atoms with E-state index in [0.717, 1.165) is 22.4 Å². The van der Waals surface area contributed by atoms with E-state index in [4.69, 9.17) is 0 Å². The number of aromatic nitrogens is 1. The zero-order valence-electron chi connectivity index (χ0n) is 9.09. The summed E-state index contributed by atoms with van der Waals surface area (Å²) in [4.78, 5) is 15.2. The van der Waals surface area contributed by atoms with Crippen LogP contribution in [0.25, 0.3) is 11.3 Å². The predicted molar refractivity (Wildman–Crippen MR) is 61.1 cm³/mol. The summed E-state index contributed by atoms with van der Waals surface area (Å²) in [5.41, 5.74) is 3.95. The van der Waals surface area contributed by atoms with E-state index in [9.17, 15) is 9.90 Å². The lowest BCUT2D eigenvalue weighted by Gasteiger charge is -2.13. The van der Waals surface area contributed by atoms with E-state index in [1.165, 1.54) is 0 Å². The number of benzene rings is 1. The summed E-state index contributed by atoms with van der Waals surface area (Å²) in [6, 6.07) is 11.6. The molecule has 3 rings (SSSR count). The molecule has 84 valence electrons. The molecule has 0 fully saturated rings. The summed E-state index contributed by atoms with van der Waals surface area (Å²) >= 11 is 0. The number of carbonyl (C=O) groups excluding carboxylic acids is 1. The van der Waals surface area contributed by atoms with Gasteiger partial charge in [-0.2, -0.15) is 0 Å². The quantitative estimate of drug-likeness (QED) is 0.773. The van der Waals surface area contributed by atoms with Gasteiger partial charge in [0.1, 0.15) is 0 Å². The zero-order chi connectivity index (χ0) is 11.8. The van der Waals surface area contributed by atoms with Crippen molar-refractivity contribution in [2.24, 2.45) is 0 Å². The fraction of sp³-hybridized carbons (Fsp3) is 0.143. The molecule has 1 aliphatic carbocycles. The van der Waals surface area contributed by atoms with Crippen LogP contribution in [-0.2, 0) is 4.79 Å². The first-order valence-corrected chi connectivity index (χ1v) is 5.51. The average Bonchev–Trinajstić information content (AvgIpc) is 2.65. The van der Waals surface area contributed by atoms with Crippen molar-refractivity contribution in [3.8, 4) is 11.3 Å². The van der Waals surface area contributed by atoms with Crippen LogP contribution in [0.5, 0.6) is 0 Å². The molecule has 3 heteroatoms. The Bertz CT molecular complexity index is 547. The third kappa shape index (κ3) is 1.51. The van der Waals surface area contributed by atoms with Gasteiger partial charge in [-0.25, -0.2) is 0 Å². The standard InChI is InChI=1S/C14H11NO2/c16-13(17)8-12-9-4-1-2-5-10(9)14-11(12)6-3-7-15-14/h1-7,12H,8H2,(H,16,17)/p-1/t12-/m1/s1. The number of pyridine rings is 1. The summed E-state index contributed by atoms with van der Waals surface area (Å²) in [6.07, 6.45) is 1.74. The Balaban J connectivity index is 2.20. The number of rotatable bonds is 2. The van der Waals surface area contributed by atoms with Crippen molar-refractivity contribution in [3.63, 3.8) is 0 Å². The maximum absolute atomic E-state index is 10.8. The highest BCUT2D eigenvalue weighted by atomic mass is 16.4. The fourth-order valence-electron chi connectivity index (χ4n) is 2.49. The van der Waals surface area contributed by atoms with Gasteiger partial charge in [-0.05, 0) is 23.6 Å². The molecular weight excluding hydrogens is 214 g/mol. The van der Waals surface area contributed by atoms with Crippen LogP contribution in [0.4, 0.5) is 0 Å². The Kier molecular flexibility index (Phi) is 2.18. The zero-order valence-corrected chi connectivity index (χ0v) is 9.09. The van der Waals surface area contributed by atoms with E-state index in [-0.39, 0.29) is 12.3 Å². The van der Waals surface area contributed by atoms with E-state index < -0.39 is 5.97 Å². The van der Waals surface area contributed by atoms with Gasteiger partial charge >= 0.3 is 0 Å². The second-order valence-corrected chi connectivity index (χ2v) is 4.16. The van der Waals surface area contributed by atoms with E-state index >= 15 is 0 Å². The molecule has 3 nitrogen and oxygen atoms in total. The number of hydrogen-bond donors (Lipinski definition) is 0. The molecule has 0 amide bonds. The lowest BCUT2D eigenvalue weighted by atomic mass is 9.94. The highest BCUT2D eigenvalue weighted by molar-refractivity contribution is 5.78. The Labute approximate surface area is 98.8 Å². The van der Waals surface area contributed by atoms with Gasteiger partial charge in [0, 0.05) is 23.6 Å². The monoisotopic (exact) mass is 224 g/mol. The number of fused-ring (bicyclic) bond motifs is 3. The number of carboxylic acid groups (broad SMARTS) is 1. The Morgan fingerprint density at radius 1 is 1.18 bits per heavy atom. The van der Waals surface area contributed by atoms with Crippen LogP contribution in [0.2, 0.25) is 0 Å². The second kappa shape index (κ2) is 3.70. The van der Waals surface area contributed by atoms with Gasteiger partial charge in [0.05, 0.1) is 5.69 Å². The fourth-order valence-corrected chi connectivity index (χ4v) is 2.49. The summed E-state index contributed by atoms with van der Waals surface area (Å²) in [7, 11) is 0. The highest BCUT2D eigenvalue weighted by Gasteiger charge is 2.28. The Morgan fingerprint density at radius 3 is 2.76 bits per heavy atom. The molecule has 0 spiro atoms. The molecule has 0 saturated heterocycles. The Hall–Kier alpha value is -2.16. The molecule has 0 N–H and O–H groups in total. The first-order chi connectivity index (χ1) is 8.27. The van der Waals surface area contributed by atoms with E-state index in [1.807, 2.05) is 36.4 Å². The van der Waals surface area contributed by atoms with Crippen molar-refractivity contribution in [3.05, 3.63) is 53.7 Å². The maximum Gasteiger partial charge on any atom is 0.0743 e. The highest BCUT2D eigenvalue weighted by Crippen LogP contribution is 2.44. The molecule has 0 radical (unpaired) electrons. The first-order valence-electron chi connectivity index (χ1n) is 5.51. The molecule has 0 saturated carbocycles. The lowest BCUT2D eigenvalue weighted by Crippen LogP contribution is -2.24. The lowest BCUT2D eigenvalue weighted by molar-refractivity contribution is -0.305. The minimum absolute atomic E-state index is 0.00963. The van der Waals surface area contributed by atoms with E-state index in [1.54, 1.807) is 6.20 Å². The smallest absolute Gasteiger partial charge is 0.0743 e. The second-order valence-electron chi connectivity index (χ2n) is 4.16. The summed E-state index contributed by atoms with van der Waals surface area (Å²) in [5.74, 6) is -1.15. The van der Waals surface area contributed by atoms with Crippen LogP contribution in [0.1, 0.15) is 23.5 Å². The molecule has 17 heavy (non-hydrogen) atoms. The summed E-state index contributed by atoms with van der Waals surface area (Å²) in [5, 5.41) is 10.8. The minimum Gasteiger partial charge on any atom is -0.550 e. The molecule has 2 aromatic rings. The molecule has 0 unspecified atom stereocenters. The number of aliphatic carboxylic acids is 1. The van der Waals surface area contributed by atoms with Gasteiger partial charge in [-0.3, -0.25) is 4.98 Å². The average molecular weight is 224 g/mol. The van der Waals surface area contributed by atoms with Crippen LogP contribution < -0.4 is 5.11 Å². The number of hydrogen-bond acceptors (Lipinski definition) is 3. The molecule has 1 aromatic heterocycles. The largest absolute Gasteiger partial charge is 0.550 e. The third-order valence-electron chi connectivity index (χ3n) is 3.18. The van der Waals surface area contributed by atoms with Crippen molar-refractivity contribution in [1.29, 1.82) is 0 Å². The topological polar surface area (TPSA) is 53.0 Å². The van der Waals surface area contributed by atoms with Crippen LogP contribution in [0.15, 0.2) is 42.6 Å². The molecule has 1 aromatic carbocycles. The maximum atomic E-state index is 10.8. The molecule has 1 atom stereocenters. The van der Waals surface area contributed by atoms with Gasteiger partial charge in [0.15, 0.2) is 0 Å². The van der Waals surface area contributed by atoms with E-state index in [0.29, 0.717) is 0 Å². The van der Waals surface area contributed by atoms with Crippen molar-refractivity contribution >= 4 is 5.97 Å². The van der Waals surface area contributed by atoms with Crippen LogP contribution in [0, 0.1) is 0 Å². The van der Waals surface area contributed by atoms with Crippen molar-refractivity contribution < 1.29 is 9.90 Å². The Morgan fingerprint density at radius 2 is 1.94 bits per heavy atom. The van der Waals surface area contributed by atoms with Crippen molar-refractivity contribution in [2.45, 2.75) is 12.3 Å². The van der Waals surface area contributed by atoms with Gasteiger partial charge in [0.25, 0.3) is 0 Å². The van der Waals surface area contributed by atoms with Gasteiger partial charge in [0.2, 0.25) is 0 Å². The minimum atomic E-state index is -1.03. The normalized spacial score (nSPS) is 16.4. The molecule has 1 heterocycles. The number of nitrogens with zero attached hydrogens (tertiary/aromatic N) is 1. The number of carbonyl (C=O) groups is 1. The van der Waals surface area contributed by atoms with Crippen LogP contribution in [-0.4, -0.2) is 11.0 Å². The van der Waals surface area contributed by atoms with Crippen molar-refractivity contribution in [2.75, 3.05) is 0 Å². The van der Waals surface area contributed by atoms with Crippen LogP contribution >= 0.6 is 0 Å². The van der Waals surface area contributed by atoms with Gasteiger partial charge < -0.3 is 9.90 Å². The molecule has 1 aliphatic rings. The summed E-state index contributed by atoms with van der Waals surface area (Å²) in [6.45, 7) is 0. The van der Waals surface area contributed by atoms with Gasteiger partial charge in [-0.1, -0.05) is 30.3 Å². The van der Waals surface area contributed by atoms with E-state index in [2.05, 4.69) is 4.98 Å². The van der Waals surface area contributed by atoms with Crippen molar-refractivity contribution in [1.82, 2.24) is 4.98 Å².